The molecule has 72 valence electrons. The number of rotatable bonds is 1. The molecule has 0 radical (unpaired) electrons. The van der Waals surface area contributed by atoms with Gasteiger partial charge in [-0.15, -0.1) is 0 Å². The first-order valence-corrected chi connectivity index (χ1v) is 3.80. The minimum Gasteiger partial charge on any atom is -0.388 e. The van der Waals surface area contributed by atoms with E-state index in [-0.39, 0.29) is 0 Å². The molecule has 1 fully saturated rings. The summed E-state index contributed by atoms with van der Waals surface area (Å²) in [7, 11) is 1.37. The molecule has 0 bridgehead atoms. The maximum Gasteiger partial charge on any atom is 0.186 e. The molecule has 5 atom stereocenters. The van der Waals surface area contributed by atoms with Crippen molar-refractivity contribution in [3.63, 3.8) is 0 Å². The number of methoxy groups -OCH3 is 1. The van der Waals surface area contributed by atoms with E-state index >= 15 is 0 Å². The Morgan fingerprint density at radius 1 is 1.08 bits per heavy atom. The molecular weight excluding hydrogens is 164 g/mol. The summed E-state index contributed by atoms with van der Waals surface area (Å²) in [5.41, 5.74) is 0. The van der Waals surface area contributed by atoms with Crippen molar-refractivity contribution in [3.8, 4) is 0 Å². The molecule has 0 aromatic heterocycles. The van der Waals surface area contributed by atoms with Crippen molar-refractivity contribution < 1.29 is 24.8 Å². The van der Waals surface area contributed by atoms with Crippen molar-refractivity contribution in [2.75, 3.05) is 7.11 Å². The summed E-state index contributed by atoms with van der Waals surface area (Å²) < 4.78 is 9.80. The summed E-state index contributed by atoms with van der Waals surface area (Å²) in [6.07, 6.45) is -4.86. The molecule has 1 heterocycles. The molecule has 0 aliphatic carbocycles. The fourth-order valence-corrected chi connectivity index (χ4v) is 1.21. The highest BCUT2D eigenvalue weighted by Crippen LogP contribution is 2.20. The fourth-order valence-electron chi connectivity index (χ4n) is 1.21. The maximum atomic E-state index is 9.27. The Labute approximate surface area is 70.5 Å². The minimum absolute atomic E-state index is 0.534. The topological polar surface area (TPSA) is 79.2 Å². The Hall–Kier alpha value is -0.200. The zero-order valence-corrected chi connectivity index (χ0v) is 7.04. The molecule has 0 aromatic rings. The molecule has 3 N–H and O–H groups in total. The van der Waals surface area contributed by atoms with Crippen LogP contribution in [0.3, 0.4) is 0 Å². The van der Waals surface area contributed by atoms with Gasteiger partial charge in [0.2, 0.25) is 0 Å². The monoisotopic (exact) mass is 178 g/mol. The van der Waals surface area contributed by atoms with Gasteiger partial charge in [-0.25, -0.2) is 0 Å². The van der Waals surface area contributed by atoms with Crippen molar-refractivity contribution in [2.45, 2.75) is 37.6 Å². The first-order chi connectivity index (χ1) is 5.57. The lowest BCUT2D eigenvalue weighted by Crippen LogP contribution is -2.57. The first kappa shape index (κ1) is 9.88. The van der Waals surface area contributed by atoms with Crippen LogP contribution in [0.4, 0.5) is 0 Å². The van der Waals surface area contributed by atoms with E-state index in [0.717, 1.165) is 0 Å². The van der Waals surface area contributed by atoms with Gasteiger partial charge in [-0.05, 0) is 6.92 Å². The van der Waals surface area contributed by atoms with Gasteiger partial charge in [-0.2, -0.15) is 0 Å². The van der Waals surface area contributed by atoms with Gasteiger partial charge in [0.25, 0.3) is 0 Å². The average molecular weight is 178 g/mol. The molecule has 0 unspecified atom stereocenters. The number of aliphatic hydroxyl groups is 3. The summed E-state index contributed by atoms with van der Waals surface area (Å²) in [6, 6.07) is 0. The second-order valence-electron chi connectivity index (χ2n) is 2.92. The molecule has 0 spiro atoms. The van der Waals surface area contributed by atoms with Crippen LogP contribution < -0.4 is 0 Å². The molecule has 0 amide bonds. The van der Waals surface area contributed by atoms with Gasteiger partial charge in [0, 0.05) is 7.11 Å². The first-order valence-electron chi connectivity index (χ1n) is 3.80. The Bertz CT molecular complexity index is 146. The predicted octanol–water partition coefficient (Wildman–Crippen LogP) is -1.54. The molecule has 1 aliphatic rings. The van der Waals surface area contributed by atoms with Crippen LogP contribution in [0, 0.1) is 0 Å². The minimum atomic E-state index is -1.21. The number of ether oxygens (including phenoxy) is 2. The molecule has 1 aliphatic heterocycles. The Balaban J connectivity index is 2.63. The molecule has 1 saturated heterocycles. The van der Waals surface area contributed by atoms with E-state index in [2.05, 4.69) is 0 Å². The van der Waals surface area contributed by atoms with Crippen LogP contribution in [0.25, 0.3) is 0 Å². The third-order valence-corrected chi connectivity index (χ3v) is 2.04. The second kappa shape index (κ2) is 3.68. The maximum absolute atomic E-state index is 9.27. The van der Waals surface area contributed by atoms with Crippen LogP contribution in [-0.2, 0) is 9.47 Å². The lowest BCUT2D eigenvalue weighted by Gasteiger charge is -2.38. The van der Waals surface area contributed by atoms with Crippen molar-refractivity contribution in [2.24, 2.45) is 0 Å². The van der Waals surface area contributed by atoms with Crippen LogP contribution >= 0.6 is 0 Å². The molecule has 12 heavy (non-hydrogen) atoms. The van der Waals surface area contributed by atoms with E-state index in [1.807, 2.05) is 0 Å². The van der Waals surface area contributed by atoms with Gasteiger partial charge >= 0.3 is 0 Å². The number of hydrogen-bond acceptors (Lipinski definition) is 5. The van der Waals surface area contributed by atoms with Gasteiger partial charge in [-0.1, -0.05) is 0 Å². The molecule has 5 nitrogen and oxygen atoms in total. The number of aliphatic hydroxyl groups excluding tert-OH is 3. The third-order valence-electron chi connectivity index (χ3n) is 2.04. The van der Waals surface area contributed by atoms with Gasteiger partial charge < -0.3 is 24.8 Å². The predicted molar refractivity (Wildman–Crippen MR) is 39.4 cm³/mol. The van der Waals surface area contributed by atoms with E-state index < -0.39 is 30.7 Å². The average Bonchev–Trinajstić information content (AvgIpc) is 2.08. The Morgan fingerprint density at radius 2 is 1.67 bits per heavy atom. The van der Waals surface area contributed by atoms with Gasteiger partial charge in [-0.3, -0.25) is 0 Å². The smallest absolute Gasteiger partial charge is 0.186 e. The van der Waals surface area contributed by atoms with Gasteiger partial charge in [0.1, 0.15) is 18.3 Å². The van der Waals surface area contributed by atoms with Crippen molar-refractivity contribution in [1.82, 2.24) is 0 Å². The second-order valence-corrected chi connectivity index (χ2v) is 2.92. The SMILES string of the molecule is CO[C@@H]1O[C@@H](C)[C@@H](O)[C@H](O)[C@H]1O. The van der Waals surface area contributed by atoms with Crippen LogP contribution in [-0.4, -0.2) is 53.1 Å². The molecule has 0 saturated carbocycles. The van der Waals surface area contributed by atoms with Crippen LogP contribution in [0.15, 0.2) is 0 Å². The fraction of sp³-hybridized carbons (Fsp3) is 1.00. The van der Waals surface area contributed by atoms with Crippen molar-refractivity contribution >= 4 is 0 Å². The zero-order valence-electron chi connectivity index (χ0n) is 7.04. The highest BCUT2D eigenvalue weighted by Gasteiger charge is 2.41. The van der Waals surface area contributed by atoms with E-state index in [4.69, 9.17) is 9.47 Å². The zero-order chi connectivity index (χ0) is 9.30. The lowest BCUT2D eigenvalue weighted by molar-refractivity contribution is -0.286. The molecule has 1 rings (SSSR count). The number of hydrogen-bond donors (Lipinski definition) is 3. The summed E-state index contributed by atoms with van der Waals surface area (Å²) in [6.45, 7) is 1.60. The van der Waals surface area contributed by atoms with Crippen LogP contribution in [0.5, 0.6) is 0 Å². The summed E-state index contributed by atoms with van der Waals surface area (Å²) in [4.78, 5) is 0. The van der Waals surface area contributed by atoms with Crippen molar-refractivity contribution in [3.05, 3.63) is 0 Å². The van der Waals surface area contributed by atoms with E-state index in [1.54, 1.807) is 6.92 Å². The summed E-state index contributed by atoms with van der Waals surface area (Å²) >= 11 is 0. The van der Waals surface area contributed by atoms with Gasteiger partial charge in [0.05, 0.1) is 6.10 Å². The highest BCUT2D eigenvalue weighted by molar-refractivity contribution is 4.86. The Kier molecular flexibility index (Phi) is 3.03. The Morgan fingerprint density at radius 3 is 2.17 bits per heavy atom. The standard InChI is InChI=1S/C7H14O5/c1-3-4(8)5(9)6(10)7(11-2)12-3/h3-10H,1-2H3/t3-,4+,5-,6+,7+/m0/s1. The summed E-state index contributed by atoms with van der Waals surface area (Å²) in [5, 5.41) is 27.8. The van der Waals surface area contributed by atoms with E-state index in [9.17, 15) is 15.3 Å². The molecule has 5 heteroatoms. The van der Waals surface area contributed by atoms with Gasteiger partial charge in [0.15, 0.2) is 6.29 Å². The van der Waals surface area contributed by atoms with Crippen LogP contribution in [0.2, 0.25) is 0 Å². The van der Waals surface area contributed by atoms with Crippen molar-refractivity contribution in [1.29, 1.82) is 0 Å². The normalized spacial score (nSPS) is 49.2. The van der Waals surface area contributed by atoms with E-state index in [1.165, 1.54) is 7.11 Å². The van der Waals surface area contributed by atoms with E-state index in [0.29, 0.717) is 0 Å². The van der Waals surface area contributed by atoms with Crippen LogP contribution in [0.1, 0.15) is 6.92 Å². The third kappa shape index (κ3) is 1.60. The molecule has 0 aromatic carbocycles. The quantitative estimate of drug-likeness (QED) is 0.453. The summed E-state index contributed by atoms with van der Waals surface area (Å²) in [5.74, 6) is 0. The molecular formula is C7H14O5. The lowest BCUT2D eigenvalue weighted by atomic mass is 10.0. The largest absolute Gasteiger partial charge is 0.388 e. The highest BCUT2D eigenvalue weighted by atomic mass is 16.7.